The van der Waals surface area contributed by atoms with E-state index in [0.29, 0.717) is 12.8 Å². The van der Waals surface area contributed by atoms with Gasteiger partial charge in [-0.2, -0.15) is 0 Å². The minimum absolute atomic E-state index is 0.0737. The smallest absolute Gasteiger partial charge is 0.306 e. The maximum atomic E-state index is 10.7. The van der Waals surface area contributed by atoms with Gasteiger partial charge in [0.1, 0.15) is 12.4 Å². The average molecular weight is 170 g/mol. The lowest BCUT2D eigenvalue weighted by atomic mass is 10.1. The molecule has 0 aromatic carbocycles. The highest BCUT2D eigenvalue weighted by Gasteiger charge is 2.22. The van der Waals surface area contributed by atoms with E-state index in [1.807, 2.05) is 0 Å². The van der Waals surface area contributed by atoms with Gasteiger partial charge in [0.25, 0.3) is 0 Å². The molecule has 1 fully saturated rings. The molecule has 3 heteroatoms. The lowest BCUT2D eigenvalue weighted by molar-refractivity contribution is -0.141. The number of hydrogen-bond donors (Lipinski definition) is 0. The van der Waals surface area contributed by atoms with Crippen LogP contribution in [0.3, 0.4) is 0 Å². The third-order valence-electron chi connectivity index (χ3n) is 2.07. The Morgan fingerprint density at radius 2 is 2.33 bits per heavy atom. The molecule has 0 spiro atoms. The molecule has 0 amide bonds. The predicted molar refractivity (Wildman–Crippen MR) is 43.6 cm³/mol. The highest BCUT2D eigenvalue weighted by molar-refractivity contribution is 5.71. The molecule has 0 aliphatic carbocycles. The summed E-state index contributed by atoms with van der Waals surface area (Å²) in [6.07, 6.45) is 5.93. The largest absolute Gasteiger partial charge is 0.462 e. The topological polar surface area (TPSA) is 43.4 Å². The SMILES string of the molecule is O=CCCCCC1CCC(=O)O1. The summed E-state index contributed by atoms with van der Waals surface area (Å²) in [4.78, 5) is 20.6. The highest BCUT2D eigenvalue weighted by atomic mass is 16.5. The highest BCUT2D eigenvalue weighted by Crippen LogP contribution is 2.18. The molecule has 0 radical (unpaired) electrons. The maximum absolute atomic E-state index is 10.7. The first-order chi connectivity index (χ1) is 5.83. The van der Waals surface area contributed by atoms with E-state index in [9.17, 15) is 9.59 Å². The molecule has 1 saturated heterocycles. The van der Waals surface area contributed by atoms with Gasteiger partial charge in [0.15, 0.2) is 0 Å². The van der Waals surface area contributed by atoms with Gasteiger partial charge in [-0.05, 0) is 25.7 Å². The lowest BCUT2D eigenvalue weighted by Crippen LogP contribution is -2.06. The minimum atomic E-state index is -0.0737. The van der Waals surface area contributed by atoms with E-state index in [0.717, 1.165) is 32.0 Å². The number of carbonyl (C=O) groups is 2. The van der Waals surface area contributed by atoms with Crippen molar-refractivity contribution in [3.8, 4) is 0 Å². The number of cyclic esters (lactones) is 1. The summed E-state index contributed by atoms with van der Waals surface area (Å²) in [5.74, 6) is -0.0737. The van der Waals surface area contributed by atoms with E-state index in [4.69, 9.17) is 4.74 Å². The molecular weight excluding hydrogens is 156 g/mol. The minimum Gasteiger partial charge on any atom is -0.462 e. The summed E-state index contributed by atoms with van der Waals surface area (Å²) in [7, 11) is 0. The second-order valence-electron chi connectivity index (χ2n) is 3.10. The van der Waals surface area contributed by atoms with Crippen LogP contribution >= 0.6 is 0 Å². The third-order valence-corrected chi connectivity index (χ3v) is 2.07. The second kappa shape index (κ2) is 4.91. The van der Waals surface area contributed by atoms with E-state index in [1.165, 1.54) is 0 Å². The molecule has 0 aromatic rings. The molecule has 0 N–H and O–H groups in total. The fraction of sp³-hybridized carbons (Fsp3) is 0.778. The Morgan fingerprint density at radius 3 is 2.92 bits per heavy atom. The molecule has 1 rings (SSSR count). The maximum Gasteiger partial charge on any atom is 0.306 e. The molecule has 1 unspecified atom stereocenters. The molecule has 0 aromatic heterocycles. The van der Waals surface area contributed by atoms with Gasteiger partial charge in [0.2, 0.25) is 0 Å². The van der Waals surface area contributed by atoms with Gasteiger partial charge < -0.3 is 9.53 Å². The van der Waals surface area contributed by atoms with Crippen LogP contribution in [-0.4, -0.2) is 18.4 Å². The van der Waals surface area contributed by atoms with Crippen LogP contribution in [0.4, 0.5) is 0 Å². The number of esters is 1. The van der Waals surface area contributed by atoms with Gasteiger partial charge in [-0.25, -0.2) is 0 Å². The Bertz CT molecular complexity index is 165. The zero-order chi connectivity index (χ0) is 8.81. The summed E-state index contributed by atoms with van der Waals surface area (Å²) in [5.41, 5.74) is 0. The number of aldehydes is 1. The summed E-state index contributed by atoms with van der Waals surface area (Å²) >= 11 is 0. The summed E-state index contributed by atoms with van der Waals surface area (Å²) in [5, 5.41) is 0. The van der Waals surface area contributed by atoms with Gasteiger partial charge in [-0.15, -0.1) is 0 Å². The number of ether oxygens (including phenoxy) is 1. The Hall–Kier alpha value is -0.860. The molecule has 0 saturated carbocycles. The normalized spacial score (nSPS) is 22.3. The van der Waals surface area contributed by atoms with Crippen molar-refractivity contribution in [2.75, 3.05) is 0 Å². The van der Waals surface area contributed by atoms with Crippen molar-refractivity contribution in [1.29, 1.82) is 0 Å². The van der Waals surface area contributed by atoms with E-state index < -0.39 is 0 Å². The zero-order valence-corrected chi connectivity index (χ0v) is 7.12. The Morgan fingerprint density at radius 1 is 1.50 bits per heavy atom. The monoisotopic (exact) mass is 170 g/mol. The molecule has 1 heterocycles. The van der Waals surface area contributed by atoms with E-state index in [1.54, 1.807) is 0 Å². The van der Waals surface area contributed by atoms with Gasteiger partial charge in [0, 0.05) is 12.8 Å². The molecule has 68 valence electrons. The number of rotatable bonds is 5. The van der Waals surface area contributed by atoms with E-state index in [-0.39, 0.29) is 12.1 Å². The first-order valence-corrected chi connectivity index (χ1v) is 4.46. The van der Waals surface area contributed by atoms with E-state index in [2.05, 4.69) is 0 Å². The fourth-order valence-corrected chi connectivity index (χ4v) is 1.39. The van der Waals surface area contributed by atoms with Gasteiger partial charge >= 0.3 is 5.97 Å². The first-order valence-electron chi connectivity index (χ1n) is 4.46. The Kier molecular flexibility index (Phi) is 3.77. The summed E-state index contributed by atoms with van der Waals surface area (Å²) in [6.45, 7) is 0. The predicted octanol–water partition coefficient (Wildman–Crippen LogP) is 1.45. The quantitative estimate of drug-likeness (QED) is 0.356. The number of carbonyl (C=O) groups excluding carboxylic acids is 2. The van der Waals surface area contributed by atoms with Crippen LogP contribution < -0.4 is 0 Å². The second-order valence-corrected chi connectivity index (χ2v) is 3.10. The number of hydrogen-bond acceptors (Lipinski definition) is 3. The average Bonchev–Trinajstić information content (AvgIpc) is 2.45. The van der Waals surface area contributed by atoms with Crippen LogP contribution in [-0.2, 0) is 14.3 Å². The van der Waals surface area contributed by atoms with Crippen molar-refractivity contribution in [2.45, 2.75) is 44.6 Å². The molecule has 3 nitrogen and oxygen atoms in total. The van der Waals surface area contributed by atoms with Crippen molar-refractivity contribution in [3.05, 3.63) is 0 Å². The molecule has 0 bridgehead atoms. The Balaban J connectivity index is 2.00. The third kappa shape index (κ3) is 3.03. The van der Waals surface area contributed by atoms with Crippen LogP contribution in [0.25, 0.3) is 0 Å². The summed E-state index contributed by atoms with van der Waals surface area (Å²) in [6, 6.07) is 0. The number of unbranched alkanes of at least 4 members (excludes halogenated alkanes) is 2. The van der Waals surface area contributed by atoms with Crippen LogP contribution in [0.1, 0.15) is 38.5 Å². The van der Waals surface area contributed by atoms with Crippen molar-refractivity contribution in [2.24, 2.45) is 0 Å². The first kappa shape index (κ1) is 9.23. The van der Waals surface area contributed by atoms with Gasteiger partial charge in [-0.3, -0.25) is 4.79 Å². The van der Waals surface area contributed by atoms with Gasteiger partial charge in [-0.1, -0.05) is 0 Å². The standard InChI is InChI=1S/C9H14O3/c10-7-3-1-2-4-8-5-6-9(11)12-8/h7-8H,1-6H2. The molecule has 12 heavy (non-hydrogen) atoms. The fourth-order valence-electron chi connectivity index (χ4n) is 1.39. The van der Waals surface area contributed by atoms with Crippen LogP contribution in [0.5, 0.6) is 0 Å². The van der Waals surface area contributed by atoms with Crippen LogP contribution in [0, 0.1) is 0 Å². The Labute approximate surface area is 72.1 Å². The van der Waals surface area contributed by atoms with Crippen molar-refractivity contribution in [3.63, 3.8) is 0 Å². The lowest BCUT2D eigenvalue weighted by Gasteiger charge is -2.06. The van der Waals surface area contributed by atoms with Crippen LogP contribution in [0.15, 0.2) is 0 Å². The van der Waals surface area contributed by atoms with Crippen LogP contribution in [0.2, 0.25) is 0 Å². The molecular formula is C9H14O3. The molecule has 1 aliphatic heterocycles. The molecule has 1 atom stereocenters. The van der Waals surface area contributed by atoms with E-state index >= 15 is 0 Å². The summed E-state index contributed by atoms with van der Waals surface area (Å²) < 4.78 is 5.01. The van der Waals surface area contributed by atoms with Crippen molar-refractivity contribution in [1.82, 2.24) is 0 Å². The van der Waals surface area contributed by atoms with Gasteiger partial charge in [0.05, 0.1) is 0 Å². The zero-order valence-electron chi connectivity index (χ0n) is 7.12. The van der Waals surface area contributed by atoms with Crippen molar-refractivity contribution >= 4 is 12.3 Å². The molecule has 1 aliphatic rings. The van der Waals surface area contributed by atoms with Crippen molar-refractivity contribution < 1.29 is 14.3 Å².